The van der Waals surface area contributed by atoms with E-state index in [9.17, 15) is 14.0 Å². The predicted octanol–water partition coefficient (Wildman–Crippen LogP) is 2.46. The fourth-order valence-corrected chi connectivity index (χ4v) is 2.38. The first-order valence-corrected chi connectivity index (χ1v) is 8.60. The SMILES string of the molecule is CC(Nc1nc(C(N)=O)cc(-c2ccc(Oc3ccc(F)cc3)cc2)n1)C(N)=O. The molecule has 29 heavy (non-hydrogen) atoms. The molecule has 0 saturated heterocycles. The lowest BCUT2D eigenvalue weighted by Gasteiger charge is -2.12. The van der Waals surface area contributed by atoms with E-state index in [2.05, 4.69) is 15.3 Å². The van der Waals surface area contributed by atoms with Gasteiger partial charge in [0.05, 0.1) is 5.69 Å². The van der Waals surface area contributed by atoms with Gasteiger partial charge in [0.25, 0.3) is 5.91 Å². The van der Waals surface area contributed by atoms with Crippen LogP contribution < -0.4 is 21.5 Å². The van der Waals surface area contributed by atoms with Gasteiger partial charge in [-0.25, -0.2) is 14.4 Å². The second-order valence-electron chi connectivity index (χ2n) is 6.18. The van der Waals surface area contributed by atoms with Crippen molar-refractivity contribution in [3.8, 4) is 22.8 Å². The van der Waals surface area contributed by atoms with E-state index in [1.165, 1.54) is 30.3 Å². The van der Waals surface area contributed by atoms with E-state index in [0.717, 1.165) is 0 Å². The maximum Gasteiger partial charge on any atom is 0.267 e. The van der Waals surface area contributed by atoms with Crippen LogP contribution in [0.3, 0.4) is 0 Å². The van der Waals surface area contributed by atoms with Crippen LogP contribution in [0.5, 0.6) is 11.5 Å². The van der Waals surface area contributed by atoms with Crippen molar-refractivity contribution in [1.82, 2.24) is 9.97 Å². The van der Waals surface area contributed by atoms with Crippen LogP contribution in [-0.2, 0) is 4.79 Å². The Morgan fingerprint density at radius 3 is 2.14 bits per heavy atom. The smallest absolute Gasteiger partial charge is 0.267 e. The molecular weight excluding hydrogens is 377 g/mol. The molecule has 0 bridgehead atoms. The van der Waals surface area contributed by atoms with E-state index in [4.69, 9.17) is 16.2 Å². The van der Waals surface area contributed by atoms with E-state index in [1.807, 2.05) is 0 Å². The minimum absolute atomic E-state index is 0.0131. The predicted molar refractivity (Wildman–Crippen MR) is 105 cm³/mol. The first kappa shape index (κ1) is 19.7. The number of hydrogen-bond acceptors (Lipinski definition) is 6. The maximum absolute atomic E-state index is 13.0. The highest BCUT2D eigenvalue weighted by atomic mass is 19.1. The van der Waals surface area contributed by atoms with Crippen LogP contribution in [0.15, 0.2) is 54.6 Å². The topological polar surface area (TPSA) is 133 Å². The Morgan fingerprint density at radius 2 is 1.59 bits per heavy atom. The van der Waals surface area contributed by atoms with Crippen molar-refractivity contribution in [3.63, 3.8) is 0 Å². The molecule has 3 aromatic rings. The first-order chi connectivity index (χ1) is 13.8. The molecule has 0 spiro atoms. The summed E-state index contributed by atoms with van der Waals surface area (Å²) in [7, 11) is 0. The molecule has 0 aliphatic carbocycles. The number of benzene rings is 2. The molecule has 1 heterocycles. The van der Waals surface area contributed by atoms with Crippen molar-refractivity contribution in [3.05, 3.63) is 66.1 Å². The molecule has 3 rings (SSSR count). The number of amides is 2. The maximum atomic E-state index is 13.0. The molecular formula is C20H18FN5O3. The number of anilines is 1. The molecule has 0 aliphatic heterocycles. The highest BCUT2D eigenvalue weighted by molar-refractivity contribution is 5.92. The van der Waals surface area contributed by atoms with Crippen LogP contribution in [-0.4, -0.2) is 27.8 Å². The van der Waals surface area contributed by atoms with E-state index >= 15 is 0 Å². The number of rotatable bonds is 7. The fraction of sp³-hybridized carbons (Fsp3) is 0.100. The monoisotopic (exact) mass is 395 g/mol. The van der Waals surface area contributed by atoms with Gasteiger partial charge in [-0.15, -0.1) is 0 Å². The Morgan fingerprint density at radius 1 is 1.00 bits per heavy atom. The zero-order valence-corrected chi connectivity index (χ0v) is 15.4. The fourth-order valence-electron chi connectivity index (χ4n) is 2.38. The van der Waals surface area contributed by atoms with E-state index in [-0.39, 0.29) is 17.5 Å². The van der Waals surface area contributed by atoms with Gasteiger partial charge in [-0.3, -0.25) is 9.59 Å². The molecule has 1 unspecified atom stereocenters. The molecule has 2 amide bonds. The lowest BCUT2D eigenvalue weighted by atomic mass is 10.1. The standard InChI is InChI=1S/C20H18FN5O3/c1-11(18(22)27)24-20-25-16(10-17(26-20)19(23)28)12-2-6-14(7-3-12)29-15-8-4-13(21)5-9-15/h2-11H,1H3,(H2,22,27)(H2,23,28)(H,24,25,26). The molecule has 5 N–H and O–H groups in total. The van der Waals surface area contributed by atoms with Crippen LogP contribution in [0.4, 0.5) is 10.3 Å². The summed E-state index contributed by atoms with van der Waals surface area (Å²) in [6.45, 7) is 1.55. The highest BCUT2D eigenvalue weighted by Gasteiger charge is 2.14. The molecule has 1 atom stereocenters. The number of primary amides is 2. The van der Waals surface area contributed by atoms with Gasteiger partial charge in [0.1, 0.15) is 29.1 Å². The Hall–Kier alpha value is -4.01. The third-order valence-corrected chi connectivity index (χ3v) is 3.95. The van der Waals surface area contributed by atoms with E-state index in [1.54, 1.807) is 31.2 Å². The quantitative estimate of drug-likeness (QED) is 0.563. The van der Waals surface area contributed by atoms with Crippen molar-refractivity contribution < 1.29 is 18.7 Å². The lowest BCUT2D eigenvalue weighted by molar-refractivity contribution is -0.118. The Kier molecular flexibility index (Phi) is 5.68. The molecule has 8 nitrogen and oxygen atoms in total. The molecule has 0 aliphatic rings. The van der Waals surface area contributed by atoms with Crippen molar-refractivity contribution in [2.24, 2.45) is 11.5 Å². The van der Waals surface area contributed by atoms with E-state index < -0.39 is 17.9 Å². The summed E-state index contributed by atoms with van der Waals surface area (Å²) in [5, 5.41) is 2.74. The first-order valence-electron chi connectivity index (χ1n) is 8.60. The van der Waals surface area contributed by atoms with Gasteiger partial charge in [0, 0.05) is 5.56 Å². The third kappa shape index (κ3) is 5.04. The molecule has 0 saturated carbocycles. The van der Waals surface area contributed by atoms with Crippen molar-refractivity contribution in [1.29, 1.82) is 0 Å². The van der Waals surface area contributed by atoms with Crippen LogP contribution in [0.2, 0.25) is 0 Å². The van der Waals surface area contributed by atoms with Gasteiger partial charge in [-0.2, -0.15) is 0 Å². The van der Waals surface area contributed by atoms with Crippen LogP contribution in [0.25, 0.3) is 11.3 Å². The minimum atomic E-state index is -0.738. The lowest BCUT2D eigenvalue weighted by Crippen LogP contribution is -2.33. The summed E-state index contributed by atoms with van der Waals surface area (Å²) in [6, 6.07) is 13.2. The van der Waals surface area contributed by atoms with Crippen LogP contribution >= 0.6 is 0 Å². The number of carbonyl (C=O) groups excluding carboxylic acids is 2. The number of aromatic nitrogens is 2. The largest absolute Gasteiger partial charge is 0.457 e. The van der Waals surface area contributed by atoms with E-state index in [0.29, 0.717) is 22.8 Å². The summed E-state index contributed by atoms with van der Waals surface area (Å²) in [5.41, 5.74) is 11.6. The van der Waals surface area contributed by atoms with Gasteiger partial charge < -0.3 is 21.5 Å². The number of carbonyl (C=O) groups is 2. The van der Waals surface area contributed by atoms with Crippen molar-refractivity contribution in [2.75, 3.05) is 5.32 Å². The zero-order chi connectivity index (χ0) is 21.0. The van der Waals surface area contributed by atoms with Gasteiger partial charge >= 0.3 is 0 Å². The molecule has 2 aromatic carbocycles. The van der Waals surface area contributed by atoms with Crippen LogP contribution in [0.1, 0.15) is 17.4 Å². The van der Waals surface area contributed by atoms with Crippen LogP contribution in [0, 0.1) is 5.82 Å². The molecule has 0 fully saturated rings. The Labute approximate surface area is 165 Å². The number of nitrogens with two attached hydrogens (primary N) is 2. The second-order valence-corrected chi connectivity index (χ2v) is 6.18. The van der Waals surface area contributed by atoms with Gasteiger partial charge in [0.15, 0.2) is 0 Å². The zero-order valence-electron chi connectivity index (χ0n) is 15.4. The minimum Gasteiger partial charge on any atom is -0.457 e. The average molecular weight is 395 g/mol. The van der Waals surface area contributed by atoms with Crippen molar-refractivity contribution >= 4 is 17.8 Å². The summed E-state index contributed by atoms with van der Waals surface area (Å²) >= 11 is 0. The van der Waals surface area contributed by atoms with Crippen molar-refractivity contribution in [2.45, 2.75) is 13.0 Å². The number of ether oxygens (including phenoxy) is 1. The normalized spacial score (nSPS) is 11.5. The highest BCUT2D eigenvalue weighted by Crippen LogP contribution is 2.26. The number of hydrogen-bond donors (Lipinski definition) is 3. The molecule has 1 aromatic heterocycles. The summed E-state index contributed by atoms with van der Waals surface area (Å²) in [4.78, 5) is 31.2. The molecule has 9 heteroatoms. The summed E-state index contributed by atoms with van der Waals surface area (Å²) in [5.74, 6) is -0.609. The molecule has 0 radical (unpaired) electrons. The summed E-state index contributed by atoms with van der Waals surface area (Å²) < 4.78 is 18.6. The Balaban J connectivity index is 1.86. The summed E-state index contributed by atoms with van der Waals surface area (Å²) in [6.07, 6.45) is 0. The number of nitrogens with one attached hydrogen (secondary N) is 1. The van der Waals surface area contributed by atoms with Gasteiger partial charge in [-0.1, -0.05) is 0 Å². The average Bonchev–Trinajstić information content (AvgIpc) is 2.70. The Bertz CT molecular complexity index is 1040. The molecule has 148 valence electrons. The van der Waals surface area contributed by atoms with Gasteiger partial charge in [-0.05, 0) is 61.5 Å². The number of nitrogens with zero attached hydrogens (tertiary/aromatic N) is 2. The second kappa shape index (κ2) is 8.34. The van der Waals surface area contributed by atoms with Gasteiger partial charge in [0.2, 0.25) is 11.9 Å². The number of halogens is 1. The third-order valence-electron chi connectivity index (χ3n) is 3.95.